The molecule has 1 saturated heterocycles. The highest BCUT2D eigenvalue weighted by Crippen LogP contribution is 2.34. The van der Waals surface area contributed by atoms with Crippen LogP contribution < -0.4 is 15.4 Å². The van der Waals surface area contributed by atoms with E-state index in [1.165, 1.54) is 11.3 Å². The van der Waals surface area contributed by atoms with Crippen LogP contribution in [0.15, 0.2) is 24.3 Å². The lowest BCUT2D eigenvalue weighted by molar-refractivity contribution is -0.137. The van der Waals surface area contributed by atoms with Gasteiger partial charge in [-0.05, 0) is 32.9 Å². The predicted octanol–water partition coefficient (Wildman–Crippen LogP) is 2.62. The van der Waals surface area contributed by atoms with E-state index in [9.17, 15) is 14.4 Å². The number of ether oxygens (including phenoxy) is 1. The zero-order chi connectivity index (χ0) is 21.5. The van der Waals surface area contributed by atoms with Crippen LogP contribution in [0.4, 0.5) is 5.13 Å². The van der Waals surface area contributed by atoms with Crippen molar-refractivity contribution < 1.29 is 19.1 Å². The molecule has 2 aliphatic rings. The minimum Gasteiger partial charge on any atom is -0.467 e. The Morgan fingerprint density at radius 1 is 1.30 bits per heavy atom. The molecule has 1 aromatic carbocycles. The number of aryl methyl sites for hydroxylation is 2. The second-order valence-electron chi connectivity index (χ2n) is 7.71. The number of fused-ring (bicyclic) bond motifs is 1. The average Bonchev–Trinajstić information content (AvgIpc) is 2.94. The minimum atomic E-state index is -0.949. The zero-order valence-electron chi connectivity index (χ0n) is 17.2. The predicted molar refractivity (Wildman–Crippen MR) is 113 cm³/mol. The monoisotopic (exact) mass is 428 g/mol. The Kier molecular flexibility index (Phi) is 5.23. The number of para-hydroxylation sites is 1. The van der Waals surface area contributed by atoms with Gasteiger partial charge in [0.1, 0.15) is 11.8 Å². The van der Waals surface area contributed by atoms with Gasteiger partial charge in [-0.3, -0.25) is 14.4 Å². The fourth-order valence-electron chi connectivity index (χ4n) is 3.77. The highest BCUT2D eigenvalue weighted by atomic mass is 32.1. The average molecular weight is 429 g/mol. The molecule has 2 aromatic rings. The summed E-state index contributed by atoms with van der Waals surface area (Å²) >= 11 is 1.41. The van der Waals surface area contributed by atoms with Gasteiger partial charge in [-0.2, -0.15) is 0 Å². The summed E-state index contributed by atoms with van der Waals surface area (Å²) in [5, 5.41) is 6.27. The van der Waals surface area contributed by atoms with Crippen molar-refractivity contribution in [1.29, 1.82) is 0 Å². The molecule has 0 aliphatic carbocycles. The van der Waals surface area contributed by atoms with Crippen LogP contribution in [0.2, 0.25) is 0 Å². The van der Waals surface area contributed by atoms with Crippen molar-refractivity contribution in [3.05, 3.63) is 40.4 Å². The Morgan fingerprint density at radius 3 is 2.80 bits per heavy atom. The van der Waals surface area contributed by atoms with Gasteiger partial charge < -0.3 is 20.3 Å². The number of nitrogens with zero attached hydrogens (tertiary/aromatic N) is 2. The SMILES string of the molecule is Cc1nc(NC(=O)[C@@H](C)N2CC[C@@]3(CCC2=O)NC(=O)c2ccccc2O3)sc1C. The largest absolute Gasteiger partial charge is 0.467 e. The van der Waals surface area contributed by atoms with Crippen molar-refractivity contribution in [3.63, 3.8) is 0 Å². The number of nitrogens with one attached hydrogen (secondary N) is 2. The molecule has 30 heavy (non-hydrogen) atoms. The molecule has 1 aromatic heterocycles. The number of rotatable bonds is 3. The van der Waals surface area contributed by atoms with Crippen molar-refractivity contribution >= 4 is 34.2 Å². The number of aromatic nitrogens is 1. The number of benzene rings is 1. The van der Waals surface area contributed by atoms with Crippen LogP contribution >= 0.6 is 11.3 Å². The quantitative estimate of drug-likeness (QED) is 0.783. The summed E-state index contributed by atoms with van der Waals surface area (Å²) in [7, 11) is 0. The maximum Gasteiger partial charge on any atom is 0.258 e. The van der Waals surface area contributed by atoms with E-state index >= 15 is 0 Å². The van der Waals surface area contributed by atoms with E-state index in [2.05, 4.69) is 15.6 Å². The number of thiazole rings is 1. The molecule has 3 amide bonds. The van der Waals surface area contributed by atoms with E-state index in [1.54, 1.807) is 30.0 Å². The molecule has 0 unspecified atom stereocenters. The molecular weight excluding hydrogens is 404 g/mol. The summed E-state index contributed by atoms with van der Waals surface area (Å²) in [5.74, 6) is -0.120. The van der Waals surface area contributed by atoms with Gasteiger partial charge in [0.05, 0.1) is 11.3 Å². The summed E-state index contributed by atoms with van der Waals surface area (Å²) in [6, 6.07) is 6.40. The van der Waals surface area contributed by atoms with E-state index in [-0.39, 0.29) is 24.1 Å². The van der Waals surface area contributed by atoms with Gasteiger partial charge in [0.2, 0.25) is 11.8 Å². The number of anilines is 1. The highest BCUT2D eigenvalue weighted by Gasteiger charge is 2.43. The van der Waals surface area contributed by atoms with Crippen molar-refractivity contribution in [2.24, 2.45) is 0 Å². The molecule has 0 saturated carbocycles. The lowest BCUT2D eigenvalue weighted by Crippen LogP contribution is -2.56. The van der Waals surface area contributed by atoms with Gasteiger partial charge in [0, 0.05) is 30.7 Å². The third-order valence-corrected chi connectivity index (χ3v) is 6.69. The van der Waals surface area contributed by atoms with Gasteiger partial charge >= 0.3 is 0 Å². The van der Waals surface area contributed by atoms with Crippen LogP contribution in [0.1, 0.15) is 47.1 Å². The molecule has 4 rings (SSSR count). The topological polar surface area (TPSA) is 101 Å². The van der Waals surface area contributed by atoms with Gasteiger partial charge in [0.15, 0.2) is 10.9 Å². The molecule has 2 atom stereocenters. The second kappa shape index (κ2) is 7.71. The Hall–Kier alpha value is -2.94. The minimum absolute atomic E-state index is 0.141. The number of amides is 3. The molecule has 0 bridgehead atoms. The number of hydrogen-bond donors (Lipinski definition) is 2. The fraction of sp³-hybridized carbons (Fsp3) is 0.429. The molecule has 2 N–H and O–H groups in total. The molecule has 3 heterocycles. The van der Waals surface area contributed by atoms with E-state index in [4.69, 9.17) is 4.74 Å². The smallest absolute Gasteiger partial charge is 0.258 e. The number of hydrogen-bond acceptors (Lipinski definition) is 6. The number of likely N-dealkylation sites (tertiary alicyclic amines) is 1. The molecule has 0 radical (unpaired) electrons. The van der Waals surface area contributed by atoms with Gasteiger partial charge in [-0.25, -0.2) is 4.98 Å². The molecule has 8 nitrogen and oxygen atoms in total. The molecular formula is C21H24N4O4S. The Balaban J connectivity index is 1.47. The molecule has 9 heteroatoms. The molecule has 1 fully saturated rings. The van der Waals surface area contributed by atoms with Crippen LogP contribution in [0.3, 0.4) is 0 Å². The van der Waals surface area contributed by atoms with Crippen LogP contribution in [0.25, 0.3) is 0 Å². The van der Waals surface area contributed by atoms with Gasteiger partial charge in [0.25, 0.3) is 5.91 Å². The second-order valence-corrected chi connectivity index (χ2v) is 8.91. The van der Waals surface area contributed by atoms with E-state index in [1.807, 2.05) is 19.9 Å². The van der Waals surface area contributed by atoms with Gasteiger partial charge in [-0.15, -0.1) is 11.3 Å². The van der Waals surface area contributed by atoms with E-state index < -0.39 is 11.8 Å². The molecule has 1 spiro atoms. The summed E-state index contributed by atoms with van der Waals surface area (Å²) < 4.78 is 6.14. The molecule has 2 aliphatic heterocycles. The maximum absolute atomic E-state index is 12.8. The van der Waals surface area contributed by atoms with E-state index in [0.29, 0.717) is 35.8 Å². The third-order valence-electron chi connectivity index (χ3n) is 5.70. The van der Waals surface area contributed by atoms with Crippen LogP contribution in [0, 0.1) is 13.8 Å². The number of carbonyl (C=O) groups is 3. The Labute approximate surface area is 178 Å². The van der Waals surface area contributed by atoms with Crippen molar-refractivity contribution in [2.75, 3.05) is 11.9 Å². The first kappa shape index (κ1) is 20.3. The highest BCUT2D eigenvalue weighted by molar-refractivity contribution is 7.15. The zero-order valence-corrected chi connectivity index (χ0v) is 18.0. The Bertz CT molecular complexity index is 1000. The van der Waals surface area contributed by atoms with Crippen LogP contribution in [-0.4, -0.2) is 45.9 Å². The summed E-state index contributed by atoms with van der Waals surface area (Å²) in [6.45, 7) is 5.83. The maximum atomic E-state index is 12.8. The van der Waals surface area contributed by atoms with Crippen molar-refractivity contribution in [2.45, 2.75) is 51.8 Å². The van der Waals surface area contributed by atoms with Crippen LogP contribution in [0.5, 0.6) is 5.75 Å². The van der Waals surface area contributed by atoms with E-state index in [0.717, 1.165) is 10.6 Å². The summed E-state index contributed by atoms with van der Waals surface area (Å²) in [4.78, 5) is 45.0. The standard InChI is InChI=1S/C21H24N4O4S/c1-12-14(3)30-20(22-12)23-18(27)13(2)25-11-10-21(9-8-17(25)26)24-19(28)15-6-4-5-7-16(15)29-21/h4-7,13H,8-11H2,1-3H3,(H,24,28)(H,22,23,27)/t13-,21+/m1/s1. The van der Waals surface area contributed by atoms with Crippen molar-refractivity contribution in [3.8, 4) is 5.75 Å². The first-order valence-corrected chi connectivity index (χ1v) is 10.7. The lowest BCUT2D eigenvalue weighted by atomic mass is 10.0. The van der Waals surface area contributed by atoms with Crippen LogP contribution in [-0.2, 0) is 9.59 Å². The first-order chi connectivity index (χ1) is 14.3. The third kappa shape index (κ3) is 3.77. The summed E-state index contributed by atoms with van der Waals surface area (Å²) in [5.41, 5.74) is 0.411. The number of carbonyl (C=O) groups excluding carboxylic acids is 3. The Morgan fingerprint density at radius 2 is 2.07 bits per heavy atom. The van der Waals surface area contributed by atoms with Gasteiger partial charge in [-0.1, -0.05) is 12.1 Å². The summed E-state index contributed by atoms with van der Waals surface area (Å²) in [6.07, 6.45) is 0.920. The fourth-order valence-corrected chi connectivity index (χ4v) is 4.59. The molecule has 158 valence electrons. The normalized spacial score (nSPS) is 22.0. The van der Waals surface area contributed by atoms with Crippen molar-refractivity contribution in [1.82, 2.24) is 15.2 Å². The first-order valence-electron chi connectivity index (χ1n) is 9.93. The lowest BCUT2D eigenvalue weighted by Gasteiger charge is -2.38.